The summed E-state index contributed by atoms with van der Waals surface area (Å²) < 4.78 is 6.01. The van der Waals surface area contributed by atoms with E-state index < -0.39 is 0 Å². The molecule has 0 radical (unpaired) electrons. The second kappa shape index (κ2) is 8.23. The quantitative estimate of drug-likeness (QED) is 0.829. The Morgan fingerprint density at radius 1 is 1.21 bits per heavy atom. The van der Waals surface area contributed by atoms with Crippen molar-refractivity contribution >= 4 is 0 Å². The van der Waals surface area contributed by atoms with Crippen LogP contribution in [0.3, 0.4) is 0 Å². The highest BCUT2D eigenvalue weighted by Crippen LogP contribution is 2.20. The SMILES string of the molecule is CCC1CCN(CCOC2CCCC2)CC(C)CN1. The molecule has 2 rings (SSSR count). The maximum atomic E-state index is 6.01. The van der Waals surface area contributed by atoms with Crippen LogP contribution in [0.2, 0.25) is 0 Å². The van der Waals surface area contributed by atoms with Gasteiger partial charge in [0.15, 0.2) is 0 Å². The van der Waals surface area contributed by atoms with Crippen LogP contribution in [0.5, 0.6) is 0 Å². The molecule has 0 spiro atoms. The average molecular weight is 268 g/mol. The van der Waals surface area contributed by atoms with Crippen molar-refractivity contribution in [3.05, 3.63) is 0 Å². The Bertz CT molecular complexity index is 241. The molecular weight excluding hydrogens is 236 g/mol. The van der Waals surface area contributed by atoms with Gasteiger partial charge in [0.1, 0.15) is 0 Å². The molecule has 1 heterocycles. The number of nitrogens with zero attached hydrogens (tertiary/aromatic N) is 1. The summed E-state index contributed by atoms with van der Waals surface area (Å²) in [5, 5.41) is 3.68. The Morgan fingerprint density at radius 3 is 2.74 bits per heavy atom. The summed E-state index contributed by atoms with van der Waals surface area (Å²) in [6.45, 7) is 10.3. The minimum Gasteiger partial charge on any atom is -0.377 e. The smallest absolute Gasteiger partial charge is 0.0597 e. The molecule has 2 fully saturated rings. The van der Waals surface area contributed by atoms with Crippen molar-refractivity contribution in [2.24, 2.45) is 5.92 Å². The summed E-state index contributed by atoms with van der Waals surface area (Å²) in [4.78, 5) is 2.61. The second-order valence-corrected chi connectivity index (χ2v) is 6.49. The molecule has 1 saturated heterocycles. The van der Waals surface area contributed by atoms with Crippen LogP contribution >= 0.6 is 0 Å². The van der Waals surface area contributed by atoms with Gasteiger partial charge in [-0.3, -0.25) is 0 Å². The molecule has 0 aromatic carbocycles. The molecule has 2 unspecified atom stereocenters. The van der Waals surface area contributed by atoms with Gasteiger partial charge in [0.25, 0.3) is 0 Å². The van der Waals surface area contributed by atoms with Crippen LogP contribution < -0.4 is 5.32 Å². The van der Waals surface area contributed by atoms with Crippen molar-refractivity contribution < 1.29 is 4.74 Å². The van der Waals surface area contributed by atoms with Crippen LogP contribution in [0.1, 0.15) is 52.4 Å². The fraction of sp³-hybridized carbons (Fsp3) is 1.00. The van der Waals surface area contributed by atoms with Gasteiger partial charge in [-0.25, -0.2) is 0 Å². The third-order valence-corrected chi connectivity index (χ3v) is 4.67. The van der Waals surface area contributed by atoms with Crippen LogP contribution in [0.25, 0.3) is 0 Å². The summed E-state index contributed by atoms with van der Waals surface area (Å²) in [6, 6.07) is 0.709. The van der Waals surface area contributed by atoms with Gasteiger partial charge < -0.3 is 15.0 Å². The minimum atomic E-state index is 0.567. The van der Waals surface area contributed by atoms with Gasteiger partial charge in [-0.2, -0.15) is 0 Å². The lowest BCUT2D eigenvalue weighted by Crippen LogP contribution is -2.44. The molecule has 1 aliphatic carbocycles. The molecule has 112 valence electrons. The molecule has 0 aromatic rings. The van der Waals surface area contributed by atoms with E-state index in [2.05, 4.69) is 24.1 Å². The van der Waals surface area contributed by atoms with Gasteiger partial charge in [0.2, 0.25) is 0 Å². The van der Waals surface area contributed by atoms with E-state index >= 15 is 0 Å². The van der Waals surface area contributed by atoms with E-state index in [-0.39, 0.29) is 0 Å². The zero-order chi connectivity index (χ0) is 13.5. The minimum absolute atomic E-state index is 0.567. The first-order valence-electron chi connectivity index (χ1n) is 8.35. The van der Waals surface area contributed by atoms with E-state index in [9.17, 15) is 0 Å². The van der Waals surface area contributed by atoms with Gasteiger partial charge in [0.05, 0.1) is 12.7 Å². The van der Waals surface area contributed by atoms with Crippen molar-refractivity contribution in [3.63, 3.8) is 0 Å². The Balaban J connectivity index is 1.67. The van der Waals surface area contributed by atoms with E-state index in [0.29, 0.717) is 12.1 Å². The van der Waals surface area contributed by atoms with Crippen LogP contribution in [0.15, 0.2) is 0 Å². The molecule has 1 aliphatic heterocycles. The Morgan fingerprint density at radius 2 is 2.00 bits per heavy atom. The molecule has 2 aliphatic rings. The lowest BCUT2D eigenvalue weighted by molar-refractivity contribution is 0.0373. The molecule has 2 atom stereocenters. The highest BCUT2D eigenvalue weighted by Gasteiger charge is 2.19. The topological polar surface area (TPSA) is 24.5 Å². The first-order valence-corrected chi connectivity index (χ1v) is 8.35. The number of rotatable bonds is 5. The van der Waals surface area contributed by atoms with Crippen molar-refractivity contribution in [1.82, 2.24) is 10.2 Å². The molecule has 3 heteroatoms. The molecular formula is C16H32N2O. The van der Waals surface area contributed by atoms with E-state index in [1.165, 1.54) is 58.2 Å². The lowest BCUT2D eigenvalue weighted by Gasteiger charge is -2.32. The highest BCUT2D eigenvalue weighted by molar-refractivity contribution is 4.76. The van der Waals surface area contributed by atoms with Crippen LogP contribution in [0, 0.1) is 5.92 Å². The normalized spacial score (nSPS) is 31.3. The summed E-state index contributed by atoms with van der Waals surface area (Å²) in [5.74, 6) is 0.751. The van der Waals surface area contributed by atoms with Crippen molar-refractivity contribution in [2.45, 2.75) is 64.5 Å². The molecule has 0 amide bonds. The third-order valence-electron chi connectivity index (χ3n) is 4.67. The van der Waals surface area contributed by atoms with Crippen molar-refractivity contribution in [2.75, 3.05) is 32.8 Å². The van der Waals surface area contributed by atoms with E-state index in [0.717, 1.165) is 19.1 Å². The number of hydrogen-bond acceptors (Lipinski definition) is 3. The van der Waals surface area contributed by atoms with Crippen LogP contribution in [-0.4, -0.2) is 49.8 Å². The maximum Gasteiger partial charge on any atom is 0.0597 e. The Hall–Kier alpha value is -0.120. The maximum absolute atomic E-state index is 6.01. The number of ether oxygens (including phenoxy) is 1. The van der Waals surface area contributed by atoms with Crippen molar-refractivity contribution in [1.29, 1.82) is 0 Å². The third kappa shape index (κ3) is 5.41. The second-order valence-electron chi connectivity index (χ2n) is 6.49. The predicted molar refractivity (Wildman–Crippen MR) is 80.5 cm³/mol. The predicted octanol–water partition coefficient (Wildman–Crippen LogP) is 2.66. The van der Waals surface area contributed by atoms with E-state index in [1.54, 1.807) is 0 Å². The highest BCUT2D eigenvalue weighted by atomic mass is 16.5. The monoisotopic (exact) mass is 268 g/mol. The summed E-state index contributed by atoms with van der Waals surface area (Å²) in [6.07, 6.45) is 8.42. The molecule has 0 aromatic heterocycles. The fourth-order valence-corrected chi connectivity index (χ4v) is 3.36. The fourth-order valence-electron chi connectivity index (χ4n) is 3.36. The van der Waals surface area contributed by atoms with E-state index in [4.69, 9.17) is 4.74 Å². The Labute approximate surface area is 119 Å². The Kier molecular flexibility index (Phi) is 6.62. The van der Waals surface area contributed by atoms with Crippen molar-refractivity contribution in [3.8, 4) is 0 Å². The summed E-state index contributed by atoms with van der Waals surface area (Å²) >= 11 is 0. The van der Waals surface area contributed by atoms with Gasteiger partial charge in [0, 0.05) is 19.1 Å². The molecule has 1 saturated carbocycles. The van der Waals surface area contributed by atoms with Gasteiger partial charge in [-0.15, -0.1) is 0 Å². The standard InChI is InChI=1S/C16H32N2O/c1-3-15-8-9-18(13-14(2)12-17-15)10-11-19-16-6-4-5-7-16/h14-17H,3-13H2,1-2H3. The van der Waals surface area contributed by atoms with Crippen LogP contribution in [0.4, 0.5) is 0 Å². The molecule has 0 bridgehead atoms. The van der Waals surface area contributed by atoms with Gasteiger partial charge in [-0.05, 0) is 44.7 Å². The summed E-state index contributed by atoms with van der Waals surface area (Å²) in [5.41, 5.74) is 0. The number of hydrogen-bond donors (Lipinski definition) is 1. The van der Waals surface area contributed by atoms with Crippen LogP contribution in [-0.2, 0) is 4.74 Å². The average Bonchev–Trinajstić information content (AvgIpc) is 2.89. The lowest BCUT2D eigenvalue weighted by atomic mass is 10.0. The molecule has 3 nitrogen and oxygen atoms in total. The molecule has 1 N–H and O–H groups in total. The van der Waals surface area contributed by atoms with Gasteiger partial charge in [-0.1, -0.05) is 26.7 Å². The first kappa shape index (κ1) is 15.3. The largest absolute Gasteiger partial charge is 0.377 e. The zero-order valence-corrected chi connectivity index (χ0v) is 12.9. The number of nitrogens with one attached hydrogen (secondary N) is 1. The zero-order valence-electron chi connectivity index (χ0n) is 12.9. The van der Waals surface area contributed by atoms with E-state index in [1.807, 2.05) is 0 Å². The summed E-state index contributed by atoms with van der Waals surface area (Å²) in [7, 11) is 0. The first-order chi connectivity index (χ1) is 9.28. The van der Waals surface area contributed by atoms with Gasteiger partial charge >= 0.3 is 0 Å². The molecule has 19 heavy (non-hydrogen) atoms.